The van der Waals surface area contributed by atoms with E-state index >= 15 is 0 Å². The number of likely N-dealkylation sites (tertiary alicyclic amines) is 1. The number of carbonyl (C=O) groups is 4. The second-order valence-electron chi connectivity index (χ2n) is 8.64. The van der Waals surface area contributed by atoms with E-state index in [2.05, 4.69) is 15.5 Å². The molecular formula is C21H24N6O7S. The third kappa shape index (κ3) is 4.43. The van der Waals surface area contributed by atoms with E-state index in [4.69, 9.17) is 10.5 Å². The Hall–Kier alpha value is -3.94. The Kier molecular flexibility index (Phi) is 6.47. The van der Waals surface area contributed by atoms with Gasteiger partial charge in [-0.25, -0.2) is 9.78 Å². The van der Waals surface area contributed by atoms with Crippen LogP contribution in [0.2, 0.25) is 0 Å². The fraction of sp³-hybridized carbons (Fsp3) is 0.429. The maximum absolute atomic E-state index is 12.8. The van der Waals surface area contributed by atoms with Crippen LogP contribution in [0.15, 0.2) is 33.6 Å². The molecule has 2 fully saturated rings. The summed E-state index contributed by atoms with van der Waals surface area (Å²) in [6, 6.07) is -1.90. The normalized spacial score (nSPS) is 23.5. The molecule has 35 heavy (non-hydrogen) atoms. The Morgan fingerprint density at radius 1 is 1.43 bits per heavy atom. The first kappa shape index (κ1) is 24.2. The predicted molar refractivity (Wildman–Crippen MR) is 122 cm³/mol. The van der Waals surface area contributed by atoms with Gasteiger partial charge in [-0.15, -0.1) is 11.3 Å². The number of aromatic nitrogens is 1. The largest absolute Gasteiger partial charge is 0.489 e. The van der Waals surface area contributed by atoms with Gasteiger partial charge in [0.2, 0.25) is 5.91 Å². The molecule has 0 bridgehead atoms. The van der Waals surface area contributed by atoms with E-state index in [0.29, 0.717) is 25.1 Å². The van der Waals surface area contributed by atoms with Crippen LogP contribution in [-0.2, 0) is 23.9 Å². The van der Waals surface area contributed by atoms with Crippen LogP contribution in [0.1, 0.15) is 26.0 Å². The molecule has 0 radical (unpaired) electrons. The van der Waals surface area contributed by atoms with Gasteiger partial charge in [-0.05, 0) is 18.4 Å². The van der Waals surface area contributed by atoms with Gasteiger partial charge in [-0.2, -0.15) is 0 Å². The SMILES string of the molecule is CC(C)CN1CC/C(=C\C2=C(C(=O)O)N3C(=O)[C@@H](NC(=O)/C(=N\O)c4csc(N)n4)[C@H]3CO2)C1=O. The molecule has 2 atom stereocenters. The second-order valence-corrected chi connectivity index (χ2v) is 9.53. The van der Waals surface area contributed by atoms with E-state index in [0.717, 1.165) is 16.2 Å². The number of β-lactam (4-membered cyclic amide) rings is 1. The Bertz CT molecular complexity index is 1190. The van der Waals surface area contributed by atoms with Gasteiger partial charge < -0.3 is 31.0 Å². The van der Waals surface area contributed by atoms with Crippen LogP contribution in [-0.4, -0.2) is 86.3 Å². The van der Waals surface area contributed by atoms with Crippen molar-refractivity contribution >= 4 is 45.9 Å². The third-order valence-electron chi connectivity index (χ3n) is 5.78. The highest BCUT2D eigenvalue weighted by Crippen LogP contribution is 2.34. The maximum atomic E-state index is 12.8. The number of rotatable bonds is 7. The number of amides is 3. The smallest absolute Gasteiger partial charge is 0.356 e. The monoisotopic (exact) mass is 504 g/mol. The number of carboxylic acids is 1. The van der Waals surface area contributed by atoms with Gasteiger partial charge in [0, 0.05) is 24.0 Å². The number of allylic oxidation sites excluding steroid dienone is 1. The predicted octanol–water partition coefficient (Wildman–Crippen LogP) is -0.260. The quantitative estimate of drug-likeness (QED) is 0.127. The zero-order valence-corrected chi connectivity index (χ0v) is 19.7. The number of fused-ring (bicyclic) bond motifs is 1. The van der Waals surface area contributed by atoms with Crippen LogP contribution < -0.4 is 11.1 Å². The molecule has 0 unspecified atom stereocenters. The van der Waals surface area contributed by atoms with E-state index in [1.165, 1.54) is 11.5 Å². The summed E-state index contributed by atoms with van der Waals surface area (Å²) in [6.07, 6.45) is 1.82. The van der Waals surface area contributed by atoms with Gasteiger partial charge in [-0.3, -0.25) is 19.3 Å². The average molecular weight is 505 g/mol. The van der Waals surface area contributed by atoms with Gasteiger partial charge in [-0.1, -0.05) is 19.0 Å². The minimum atomic E-state index is -1.40. The molecule has 186 valence electrons. The summed E-state index contributed by atoms with van der Waals surface area (Å²) in [6.45, 7) is 5.00. The molecule has 14 heteroatoms. The number of nitrogens with zero attached hydrogens (tertiary/aromatic N) is 4. The molecule has 2 saturated heterocycles. The van der Waals surface area contributed by atoms with Crippen molar-refractivity contribution in [2.75, 3.05) is 25.4 Å². The van der Waals surface area contributed by atoms with Crippen molar-refractivity contribution in [3.63, 3.8) is 0 Å². The molecule has 0 spiro atoms. The summed E-state index contributed by atoms with van der Waals surface area (Å²) >= 11 is 1.04. The topological polar surface area (TPSA) is 188 Å². The fourth-order valence-corrected chi connectivity index (χ4v) is 4.77. The number of oxime groups is 1. The van der Waals surface area contributed by atoms with Gasteiger partial charge in [0.1, 0.15) is 24.4 Å². The second kappa shape index (κ2) is 9.37. The van der Waals surface area contributed by atoms with Crippen LogP contribution >= 0.6 is 11.3 Å². The number of carbonyl (C=O) groups excluding carboxylic acids is 3. The molecule has 4 rings (SSSR count). The summed E-state index contributed by atoms with van der Waals surface area (Å²) < 4.78 is 5.65. The molecule has 0 saturated carbocycles. The molecule has 3 amide bonds. The fourth-order valence-electron chi connectivity index (χ4n) is 4.22. The van der Waals surface area contributed by atoms with Crippen LogP contribution in [0, 0.1) is 5.92 Å². The molecule has 3 aliphatic heterocycles. The number of nitrogens with two attached hydrogens (primary N) is 1. The van der Waals surface area contributed by atoms with Crippen LogP contribution in [0.3, 0.4) is 0 Å². The number of nitrogens with one attached hydrogen (secondary N) is 1. The zero-order chi connectivity index (χ0) is 25.4. The number of hydrogen-bond acceptors (Lipinski definition) is 10. The Morgan fingerprint density at radius 3 is 2.77 bits per heavy atom. The summed E-state index contributed by atoms with van der Waals surface area (Å²) in [5.74, 6) is -2.95. The lowest BCUT2D eigenvalue weighted by molar-refractivity contribution is -0.159. The highest BCUT2D eigenvalue weighted by Gasteiger charge is 2.55. The third-order valence-corrected chi connectivity index (χ3v) is 6.45. The number of ether oxygens (including phenoxy) is 1. The lowest BCUT2D eigenvalue weighted by Gasteiger charge is -2.49. The number of hydrogen-bond donors (Lipinski definition) is 4. The summed E-state index contributed by atoms with van der Waals surface area (Å²) in [7, 11) is 0. The number of anilines is 1. The number of carboxylic acid groups (broad SMARTS) is 1. The molecule has 0 aliphatic carbocycles. The Morgan fingerprint density at radius 2 is 2.17 bits per heavy atom. The Balaban J connectivity index is 1.52. The first-order valence-electron chi connectivity index (χ1n) is 10.8. The van der Waals surface area contributed by atoms with Gasteiger partial charge in [0.15, 0.2) is 22.3 Å². The van der Waals surface area contributed by atoms with E-state index in [1.54, 1.807) is 4.90 Å². The highest BCUT2D eigenvalue weighted by atomic mass is 32.1. The average Bonchev–Trinajstić information content (AvgIpc) is 3.37. The van der Waals surface area contributed by atoms with E-state index in [9.17, 15) is 29.5 Å². The van der Waals surface area contributed by atoms with Crippen molar-refractivity contribution in [3.8, 4) is 0 Å². The van der Waals surface area contributed by atoms with E-state index < -0.39 is 41.3 Å². The first-order chi connectivity index (χ1) is 16.6. The van der Waals surface area contributed by atoms with Crippen LogP contribution in [0.4, 0.5) is 5.13 Å². The maximum Gasteiger partial charge on any atom is 0.356 e. The van der Waals surface area contributed by atoms with Crippen molar-refractivity contribution in [2.24, 2.45) is 11.1 Å². The molecule has 3 aliphatic rings. The summed E-state index contributed by atoms with van der Waals surface area (Å²) in [5, 5.41) is 26.0. The van der Waals surface area contributed by atoms with Gasteiger partial charge in [0.25, 0.3) is 11.8 Å². The summed E-state index contributed by atoms with van der Waals surface area (Å²) in [5.41, 5.74) is 5.14. The zero-order valence-electron chi connectivity index (χ0n) is 18.9. The molecule has 13 nitrogen and oxygen atoms in total. The molecule has 0 aromatic carbocycles. The molecule has 5 N–H and O–H groups in total. The molecule has 4 heterocycles. The van der Waals surface area contributed by atoms with Crippen LogP contribution in [0.25, 0.3) is 0 Å². The lowest BCUT2D eigenvalue weighted by atomic mass is 9.92. The molecule has 1 aromatic heterocycles. The van der Waals surface area contributed by atoms with Crippen molar-refractivity contribution in [2.45, 2.75) is 32.4 Å². The minimum Gasteiger partial charge on any atom is -0.489 e. The number of thiazole rings is 1. The van der Waals surface area contributed by atoms with Crippen molar-refractivity contribution < 1.29 is 34.2 Å². The van der Waals surface area contributed by atoms with Crippen LogP contribution in [0.5, 0.6) is 0 Å². The lowest BCUT2D eigenvalue weighted by Crippen LogP contribution is -2.73. The Labute approximate surface area is 203 Å². The van der Waals surface area contributed by atoms with Crippen molar-refractivity contribution in [1.29, 1.82) is 0 Å². The van der Waals surface area contributed by atoms with E-state index in [1.807, 2.05) is 13.8 Å². The van der Waals surface area contributed by atoms with Gasteiger partial charge >= 0.3 is 5.97 Å². The standard InChI is InChI=1S/C21H24N6O7S/c1-9(2)6-26-4-3-10(18(26)29)5-13-16(20(31)32)27-12(7-34-13)15(19(27)30)24-17(28)14(25-33)11-8-35-21(22)23-11/h5,8-9,12,15,33H,3-4,6-7H2,1-2H3,(H2,22,23)(H,24,28)(H,31,32)/b10-5+,25-14-/t12-,15+/m1/s1. The highest BCUT2D eigenvalue weighted by molar-refractivity contribution is 7.13. The molecule has 1 aromatic rings. The summed E-state index contributed by atoms with van der Waals surface area (Å²) in [4.78, 5) is 56.7. The first-order valence-corrected chi connectivity index (χ1v) is 11.7. The molecular weight excluding hydrogens is 480 g/mol. The van der Waals surface area contributed by atoms with Gasteiger partial charge in [0.05, 0.1) is 0 Å². The van der Waals surface area contributed by atoms with E-state index in [-0.39, 0.29) is 35.0 Å². The van der Waals surface area contributed by atoms with Crippen molar-refractivity contribution in [1.82, 2.24) is 20.1 Å². The number of nitrogen functional groups attached to an aromatic ring is 1. The minimum absolute atomic E-state index is 0.0313. The van der Waals surface area contributed by atoms with Crippen molar-refractivity contribution in [3.05, 3.63) is 34.2 Å². The number of aliphatic carboxylic acids is 1.